The Bertz CT molecular complexity index is 774. The van der Waals surface area contributed by atoms with Crippen molar-refractivity contribution in [2.45, 2.75) is 4.90 Å². The number of carbonyl (C=O) groups is 1. The van der Waals surface area contributed by atoms with Crippen molar-refractivity contribution in [1.82, 2.24) is 5.32 Å². The number of rotatable bonds is 6. The average molecular weight is 343 g/mol. The summed E-state index contributed by atoms with van der Waals surface area (Å²) in [5, 5.41) is 2.73. The molecule has 0 spiro atoms. The van der Waals surface area contributed by atoms with E-state index in [0.717, 1.165) is 10.5 Å². The molecular formula is C18H17NO4S. The molecule has 2 aromatic carbocycles. The van der Waals surface area contributed by atoms with E-state index in [0.29, 0.717) is 23.8 Å². The van der Waals surface area contributed by atoms with Crippen LogP contribution < -0.4 is 14.8 Å². The van der Waals surface area contributed by atoms with Crippen LogP contribution in [0.25, 0.3) is 6.08 Å². The Hall–Kier alpha value is -2.60. The van der Waals surface area contributed by atoms with E-state index in [2.05, 4.69) is 5.32 Å². The van der Waals surface area contributed by atoms with Gasteiger partial charge in [-0.2, -0.15) is 0 Å². The number of nitrogens with one attached hydrogen (secondary N) is 1. The van der Waals surface area contributed by atoms with Crippen LogP contribution in [0.3, 0.4) is 0 Å². The topological polar surface area (TPSA) is 64.6 Å². The minimum absolute atomic E-state index is 0.224. The summed E-state index contributed by atoms with van der Waals surface area (Å²) < 4.78 is 22.6. The highest BCUT2D eigenvalue weighted by Gasteiger charge is 2.12. The van der Waals surface area contributed by atoms with Crippen molar-refractivity contribution in [3.8, 4) is 11.5 Å². The number of hydrogen-bond acceptors (Lipinski definition) is 4. The molecule has 0 saturated heterocycles. The molecule has 0 aromatic heterocycles. The number of ether oxygens (including phenoxy) is 2. The molecule has 1 aliphatic heterocycles. The SMILES string of the molecule is O=C(C=Cc1ccc2c(c1)OCO2)NCCS(=O)c1ccccc1. The lowest BCUT2D eigenvalue weighted by Crippen LogP contribution is -2.25. The molecule has 0 aliphatic carbocycles. The molecule has 0 fully saturated rings. The van der Waals surface area contributed by atoms with Crippen molar-refractivity contribution >= 4 is 22.8 Å². The summed E-state index contributed by atoms with van der Waals surface area (Å²) >= 11 is 0. The summed E-state index contributed by atoms with van der Waals surface area (Å²) in [6.45, 7) is 0.577. The Balaban J connectivity index is 1.46. The molecule has 6 heteroatoms. The maximum absolute atomic E-state index is 12.0. The van der Waals surface area contributed by atoms with E-state index in [4.69, 9.17) is 9.47 Å². The third kappa shape index (κ3) is 4.23. The third-order valence-electron chi connectivity index (χ3n) is 3.42. The van der Waals surface area contributed by atoms with Crippen LogP contribution in [0, 0.1) is 0 Å². The zero-order chi connectivity index (χ0) is 16.8. The second-order valence-electron chi connectivity index (χ2n) is 5.10. The lowest BCUT2D eigenvalue weighted by atomic mass is 10.2. The molecule has 2 aromatic rings. The lowest BCUT2D eigenvalue weighted by molar-refractivity contribution is -0.116. The maximum atomic E-state index is 12.0. The van der Waals surface area contributed by atoms with Crippen LogP contribution >= 0.6 is 0 Å². The number of benzene rings is 2. The summed E-state index contributed by atoms with van der Waals surface area (Å²) in [5.74, 6) is 1.54. The van der Waals surface area contributed by atoms with Crippen molar-refractivity contribution in [3.63, 3.8) is 0 Å². The molecule has 1 amide bonds. The fourth-order valence-electron chi connectivity index (χ4n) is 2.20. The lowest BCUT2D eigenvalue weighted by Gasteiger charge is -2.03. The van der Waals surface area contributed by atoms with Gasteiger partial charge in [-0.1, -0.05) is 24.3 Å². The number of fused-ring (bicyclic) bond motifs is 1. The van der Waals surface area contributed by atoms with Gasteiger partial charge in [0, 0.05) is 23.3 Å². The highest BCUT2D eigenvalue weighted by atomic mass is 32.2. The Morgan fingerprint density at radius 2 is 1.92 bits per heavy atom. The molecule has 0 radical (unpaired) electrons. The van der Waals surface area contributed by atoms with Crippen LogP contribution in [0.1, 0.15) is 5.56 Å². The van der Waals surface area contributed by atoms with Crippen LogP contribution in [0.4, 0.5) is 0 Å². The highest BCUT2D eigenvalue weighted by molar-refractivity contribution is 7.85. The van der Waals surface area contributed by atoms with Gasteiger partial charge in [0.1, 0.15) is 0 Å². The van der Waals surface area contributed by atoms with Gasteiger partial charge in [-0.25, -0.2) is 0 Å². The first-order valence-electron chi connectivity index (χ1n) is 7.51. The van der Waals surface area contributed by atoms with Crippen molar-refractivity contribution in [2.75, 3.05) is 19.1 Å². The largest absolute Gasteiger partial charge is 0.454 e. The molecule has 5 nitrogen and oxygen atoms in total. The molecule has 1 N–H and O–H groups in total. The number of amides is 1. The summed E-state index contributed by atoms with van der Waals surface area (Å²) in [4.78, 5) is 12.6. The van der Waals surface area contributed by atoms with Gasteiger partial charge < -0.3 is 14.8 Å². The summed E-state index contributed by atoms with van der Waals surface area (Å²) in [6.07, 6.45) is 3.15. The average Bonchev–Trinajstić information content (AvgIpc) is 3.08. The first kappa shape index (κ1) is 16.3. The second-order valence-corrected chi connectivity index (χ2v) is 6.67. The van der Waals surface area contributed by atoms with Gasteiger partial charge in [0.25, 0.3) is 0 Å². The van der Waals surface area contributed by atoms with Crippen molar-refractivity contribution < 1.29 is 18.5 Å². The van der Waals surface area contributed by atoms with Gasteiger partial charge in [0.15, 0.2) is 11.5 Å². The molecule has 1 aliphatic rings. The molecule has 1 heterocycles. The van der Waals surface area contributed by atoms with Crippen molar-refractivity contribution in [2.24, 2.45) is 0 Å². The Labute approximate surface area is 142 Å². The quantitative estimate of drug-likeness (QED) is 0.818. The smallest absolute Gasteiger partial charge is 0.244 e. The predicted molar refractivity (Wildman–Crippen MR) is 92.3 cm³/mol. The van der Waals surface area contributed by atoms with Crippen molar-refractivity contribution in [3.05, 3.63) is 60.2 Å². The predicted octanol–water partition coefficient (Wildman–Crippen LogP) is 2.35. The summed E-state index contributed by atoms with van der Waals surface area (Å²) in [6, 6.07) is 14.7. The monoisotopic (exact) mass is 343 g/mol. The zero-order valence-electron chi connectivity index (χ0n) is 12.9. The fourth-order valence-corrected chi connectivity index (χ4v) is 3.19. The third-order valence-corrected chi connectivity index (χ3v) is 4.79. The minimum atomic E-state index is -1.11. The maximum Gasteiger partial charge on any atom is 0.244 e. The van der Waals surface area contributed by atoms with Gasteiger partial charge >= 0.3 is 0 Å². The van der Waals surface area contributed by atoms with E-state index in [1.165, 1.54) is 6.08 Å². The van der Waals surface area contributed by atoms with Gasteiger partial charge in [-0.15, -0.1) is 0 Å². The number of carbonyl (C=O) groups excluding carboxylic acids is 1. The molecular weight excluding hydrogens is 326 g/mol. The molecule has 1 atom stereocenters. The molecule has 0 bridgehead atoms. The normalized spacial score (nSPS) is 13.8. The zero-order valence-corrected chi connectivity index (χ0v) is 13.8. The Morgan fingerprint density at radius 1 is 1.12 bits per heavy atom. The van der Waals surface area contributed by atoms with E-state index in [1.807, 2.05) is 48.5 Å². The van der Waals surface area contributed by atoms with Crippen LogP contribution in [-0.4, -0.2) is 29.2 Å². The van der Waals surface area contributed by atoms with E-state index in [9.17, 15) is 9.00 Å². The molecule has 124 valence electrons. The molecule has 3 rings (SSSR count). The van der Waals surface area contributed by atoms with Gasteiger partial charge in [-0.05, 0) is 35.9 Å². The Morgan fingerprint density at radius 3 is 2.75 bits per heavy atom. The van der Waals surface area contributed by atoms with Crippen LogP contribution in [0.15, 0.2) is 59.5 Å². The second kappa shape index (κ2) is 7.79. The van der Waals surface area contributed by atoms with Gasteiger partial charge in [0.2, 0.25) is 12.7 Å². The standard InChI is InChI=1S/C18H17NO4S/c20-18(19-10-11-24(21)15-4-2-1-3-5-15)9-7-14-6-8-16-17(12-14)23-13-22-16/h1-9,12H,10-11,13H2,(H,19,20). The fraction of sp³-hybridized carbons (Fsp3) is 0.167. The van der Waals surface area contributed by atoms with E-state index in [1.54, 1.807) is 6.08 Å². The summed E-state index contributed by atoms with van der Waals surface area (Å²) in [5.41, 5.74) is 0.849. The molecule has 24 heavy (non-hydrogen) atoms. The van der Waals surface area contributed by atoms with Crippen LogP contribution in [0.2, 0.25) is 0 Å². The Kier molecular flexibility index (Phi) is 5.28. The first-order valence-corrected chi connectivity index (χ1v) is 8.83. The number of hydrogen-bond donors (Lipinski definition) is 1. The van der Waals surface area contributed by atoms with E-state index in [-0.39, 0.29) is 12.7 Å². The van der Waals surface area contributed by atoms with Crippen LogP contribution in [-0.2, 0) is 15.6 Å². The van der Waals surface area contributed by atoms with Crippen LogP contribution in [0.5, 0.6) is 11.5 Å². The van der Waals surface area contributed by atoms with Gasteiger partial charge in [0.05, 0.1) is 10.8 Å². The summed E-state index contributed by atoms with van der Waals surface area (Å²) in [7, 11) is -1.11. The molecule has 1 unspecified atom stereocenters. The molecule has 0 saturated carbocycles. The van der Waals surface area contributed by atoms with Gasteiger partial charge in [-0.3, -0.25) is 9.00 Å². The van der Waals surface area contributed by atoms with Crippen molar-refractivity contribution in [1.29, 1.82) is 0 Å². The highest BCUT2D eigenvalue weighted by Crippen LogP contribution is 2.32. The first-order chi connectivity index (χ1) is 11.7. The van der Waals surface area contributed by atoms with E-state index >= 15 is 0 Å². The van der Waals surface area contributed by atoms with E-state index < -0.39 is 10.8 Å². The minimum Gasteiger partial charge on any atom is -0.454 e.